The summed E-state index contributed by atoms with van der Waals surface area (Å²) < 4.78 is 0. The van der Waals surface area contributed by atoms with E-state index in [1.807, 2.05) is 25.9 Å². The Balaban J connectivity index is 2.48. The highest BCUT2D eigenvalue weighted by molar-refractivity contribution is 8.14. The molecule has 1 heterocycles. The molecule has 0 saturated heterocycles. The van der Waals surface area contributed by atoms with Crippen molar-refractivity contribution >= 4 is 16.9 Å². The monoisotopic (exact) mass is 158 g/mol. The van der Waals surface area contributed by atoms with E-state index in [-0.39, 0.29) is 0 Å². The summed E-state index contributed by atoms with van der Waals surface area (Å²) in [4.78, 5) is 6.60. The van der Waals surface area contributed by atoms with Gasteiger partial charge >= 0.3 is 0 Å². The minimum Gasteiger partial charge on any atom is -0.358 e. The maximum Gasteiger partial charge on any atom is 0.159 e. The molecule has 1 aliphatic rings. The Morgan fingerprint density at radius 1 is 1.70 bits per heavy atom. The minimum atomic E-state index is 0.572. The summed E-state index contributed by atoms with van der Waals surface area (Å²) in [5, 5.41) is 1.19. The normalized spacial score (nSPS) is 24.7. The Bertz CT molecular complexity index is 143. The van der Waals surface area contributed by atoms with Gasteiger partial charge in [-0.2, -0.15) is 0 Å². The van der Waals surface area contributed by atoms with E-state index in [9.17, 15) is 0 Å². The van der Waals surface area contributed by atoms with Crippen LogP contribution in [0.5, 0.6) is 0 Å². The van der Waals surface area contributed by atoms with Crippen LogP contribution in [0.2, 0.25) is 0 Å². The van der Waals surface area contributed by atoms with Crippen molar-refractivity contribution in [3.05, 3.63) is 0 Å². The van der Waals surface area contributed by atoms with Crippen molar-refractivity contribution in [2.45, 2.75) is 19.4 Å². The van der Waals surface area contributed by atoms with Crippen molar-refractivity contribution in [3.63, 3.8) is 0 Å². The van der Waals surface area contributed by atoms with E-state index in [1.165, 1.54) is 17.3 Å². The van der Waals surface area contributed by atoms with Gasteiger partial charge in [0, 0.05) is 19.8 Å². The highest BCUT2D eigenvalue weighted by atomic mass is 32.2. The summed E-state index contributed by atoms with van der Waals surface area (Å²) in [6.07, 6.45) is 1.17. The second kappa shape index (κ2) is 3.28. The maximum absolute atomic E-state index is 4.51. The van der Waals surface area contributed by atoms with Gasteiger partial charge in [0.05, 0.1) is 6.04 Å². The average molecular weight is 158 g/mol. The van der Waals surface area contributed by atoms with Gasteiger partial charge in [0.25, 0.3) is 0 Å². The molecule has 0 amide bonds. The zero-order chi connectivity index (χ0) is 7.56. The topological polar surface area (TPSA) is 15.6 Å². The fourth-order valence-corrected chi connectivity index (χ4v) is 1.99. The number of amidine groups is 1. The van der Waals surface area contributed by atoms with Crippen LogP contribution in [-0.2, 0) is 0 Å². The van der Waals surface area contributed by atoms with Gasteiger partial charge in [-0.25, -0.2) is 0 Å². The van der Waals surface area contributed by atoms with Gasteiger partial charge in [-0.3, -0.25) is 4.99 Å². The Labute approximate surface area is 66.7 Å². The molecule has 58 valence electrons. The molecule has 10 heavy (non-hydrogen) atoms. The van der Waals surface area contributed by atoms with Crippen molar-refractivity contribution < 1.29 is 0 Å². The van der Waals surface area contributed by atoms with Crippen LogP contribution in [0.4, 0.5) is 0 Å². The number of hydrogen-bond donors (Lipinski definition) is 0. The number of nitrogens with zero attached hydrogens (tertiary/aromatic N) is 2. The second-order valence-electron chi connectivity index (χ2n) is 2.68. The Morgan fingerprint density at radius 3 is 2.70 bits per heavy atom. The fourth-order valence-electron chi connectivity index (χ4n) is 0.855. The first-order chi connectivity index (χ1) is 4.74. The molecular weight excluding hydrogens is 144 g/mol. The van der Waals surface area contributed by atoms with Crippen LogP contribution in [0.25, 0.3) is 0 Å². The molecule has 3 heteroatoms. The summed E-state index contributed by atoms with van der Waals surface area (Å²) in [6.45, 7) is 2.19. The van der Waals surface area contributed by atoms with Gasteiger partial charge in [0.2, 0.25) is 0 Å². The molecule has 1 aliphatic heterocycles. The molecule has 2 nitrogen and oxygen atoms in total. The summed E-state index contributed by atoms with van der Waals surface area (Å²) in [6, 6.07) is 0.572. The number of aliphatic imine (C=N–C) groups is 1. The van der Waals surface area contributed by atoms with E-state index in [1.54, 1.807) is 0 Å². The lowest BCUT2D eigenvalue weighted by atomic mass is 10.3. The van der Waals surface area contributed by atoms with Crippen molar-refractivity contribution in [1.29, 1.82) is 0 Å². The minimum absolute atomic E-state index is 0.572. The van der Waals surface area contributed by atoms with E-state index < -0.39 is 0 Å². The quantitative estimate of drug-likeness (QED) is 0.573. The highest BCUT2D eigenvalue weighted by Crippen LogP contribution is 2.20. The second-order valence-corrected chi connectivity index (χ2v) is 3.67. The third kappa shape index (κ3) is 1.66. The fraction of sp³-hybridized carbons (Fsp3) is 0.857. The largest absolute Gasteiger partial charge is 0.358 e. The van der Waals surface area contributed by atoms with E-state index in [2.05, 4.69) is 16.8 Å². The van der Waals surface area contributed by atoms with Crippen molar-refractivity contribution in [2.24, 2.45) is 4.99 Å². The third-order valence-corrected chi connectivity index (χ3v) is 2.83. The van der Waals surface area contributed by atoms with Gasteiger partial charge in [0.1, 0.15) is 0 Å². The molecule has 0 aliphatic carbocycles. The molecule has 0 saturated carbocycles. The molecule has 1 atom stereocenters. The lowest BCUT2D eigenvalue weighted by molar-refractivity contribution is 0.624. The van der Waals surface area contributed by atoms with E-state index >= 15 is 0 Å². The molecule has 1 rings (SSSR count). The molecule has 0 unspecified atom stereocenters. The van der Waals surface area contributed by atoms with Crippen LogP contribution in [0.3, 0.4) is 0 Å². The van der Waals surface area contributed by atoms with Gasteiger partial charge in [-0.1, -0.05) is 18.7 Å². The SMILES string of the molecule is CC[C@H]1CSC(N(C)C)=N1. The van der Waals surface area contributed by atoms with Crippen LogP contribution in [0, 0.1) is 0 Å². The molecular formula is C7H14N2S. The lowest BCUT2D eigenvalue weighted by Crippen LogP contribution is -2.16. The average Bonchev–Trinajstić information content (AvgIpc) is 2.34. The number of thioether (sulfide) groups is 1. The number of rotatable bonds is 1. The molecule has 0 spiro atoms. The van der Waals surface area contributed by atoms with Crippen LogP contribution in [0.15, 0.2) is 4.99 Å². The first-order valence-corrected chi connectivity index (χ1v) is 4.60. The highest BCUT2D eigenvalue weighted by Gasteiger charge is 2.16. The van der Waals surface area contributed by atoms with Crippen LogP contribution < -0.4 is 0 Å². The van der Waals surface area contributed by atoms with Gasteiger partial charge in [-0.05, 0) is 6.42 Å². The van der Waals surface area contributed by atoms with Gasteiger partial charge in [-0.15, -0.1) is 0 Å². The summed E-state index contributed by atoms with van der Waals surface area (Å²) >= 11 is 1.86. The van der Waals surface area contributed by atoms with Crippen molar-refractivity contribution in [2.75, 3.05) is 19.8 Å². The molecule has 0 bridgehead atoms. The van der Waals surface area contributed by atoms with E-state index in [4.69, 9.17) is 0 Å². The van der Waals surface area contributed by atoms with E-state index in [0.29, 0.717) is 6.04 Å². The van der Waals surface area contributed by atoms with Gasteiger partial charge in [0.15, 0.2) is 5.17 Å². The summed E-state index contributed by atoms with van der Waals surface area (Å²) in [5.41, 5.74) is 0. The summed E-state index contributed by atoms with van der Waals surface area (Å²) in [5.74, 6) is 1.17. The Hall–Kier alpha value is -0.180. The number of hydrogen-bond acceptors (Lipinski definition) is 3. The first-order valence-electron chi connectivity index (χ1n) is 3.62. The summed E-state index contributed by atoms with van der Waals surface area (Å²) in [7, 11) is 4.09. The van der Waals surface area contributed by atoms with Crippen molar-refractivity contribution in [3.8, 4) is 0 Å². The molecule has 0 aromatic rings. The Kier molecular flexibility index (Phi) is 2.60. The smallest absolute Gasteiger partial charge is 0.159 e. The molecule has 0 radical (unpaired) electrons. The predicted molar refractivity (Wildman–Crippen MR) is 47.7 cm³/mol. The van der Waals surface area contributed by atoms with Crippen molar-refractivity contribution in [1.82, 2.24) is 4.90 Å². The van der Waals surface area contributed by atoms with Gasteiger partial charge < -0.3 is 4.90 Å². The zero-order valence-electron chi connectivity index (χ0n) is 6.79. The lowest BCUT2D eigenvalue weighted by Gasteiger charge is -2.08. The molecule has 0 fully saturated rings. The van der Waals surface area contributed by atoms with Crippen LogP contribution in [-0.4, -0.2) is 36.0 Å². The standard InChI is InChI=1S/C7H14N2S/c1-4-6-5-10-7(8-6)9(2)3/h6H,4-5H2,1-3H3/t6-/m0/s1. The van der Waals surface area contributed by atoms with Crippen LogP contribution in [0.1, 0.15) is 13.3 Å². The Morgan fingerprint density at radius 2 is 2.40 bits per heavy atom. The first kappa shape index (κ1) is 7.92. The third-order valence-electron chi connectivity index (χ3n) is 1.55. The molecule has 0 aromatic heterocycles. The predicted octanol–water partition coefficient (Wildman–Crippen LogP) is 1.43. The van der Waals surface area contributed by atoms with E-state index in [0.717, 1.165) is 0 Å². The zero-order valence-corrected chi connectivity index (χ0v) is 7.61. The van der Waals surface area contributed by atoms with Crippen LogP contribution >= 0.6 is 11.8 Å². The molecule has 0 N–H and O–H groups in total. The molecule has 0 aromatic carbocycles. The maximum atomic E-state index is 4.51.